The number of aryl methyl sites for hydroxylation is 2. The second-order valence-corrected chi connectivity index (χ2v) is 19.0. The number of nitro benzene ring substituents is 2. The van der Waals surface area contributed by atoms with Crippen molar-refractivity contribution < 1.29 is 46.9 Å². The van der Waals surface area contributed by atoms with Crippen LogP contribution >= 0.6 is 47.2 Å². The number of benzene rings is 4. The molecule has 0 atom stereocenters. The van der Waals surface area contributed by atoms with Crippen LogP contribution in [0.15, 0.2) is 140 Å². The number of hydrogen-bond acceptors (Lipinski definition) is 14. The van der Waals surface area contributed by atoms with Crippen LogP contribution < -0.4 is 31.2 Å². The Hall–Kier alpha value is -9.07. The van der Waals surface area contributed by atoms with Crippen molar-refractivity contribution in [3.63, 3.8) is 0 Å². The molecule has 2 aliphatic heterocycles. The van der Waals surface area contributed by atoms with Crippen molar-refractivity contribution in [1.29, 1.82) is 0 Å². The van der Waals surface area contributed by atoms with Crippen molar-refractivity contribution in [3.8, 4) is 11.5 Å². The number of hydrogen-bond donors (Lipinski definition) is 6. The molecule has 0 radical (unpaired) electrons. The van der Waals surface area contributed by atoms with E-state index in [4.69, 9.17) is 45.3 Å². The fraction of sp³-hybridized carbons (Fsp3) is 0.164. The monoisotopic (exact) mass is 1220 g/mol. The molecule has 3 amide bonds. The molecule has 0 bridgehead atoms. The summed E-state index contributed by atoms with van der Waals surface area (Å²) in [5, 5.41) is 32.9. The zero-order valence-electron chi connectivity index (χ0n) is 43.6. The van der Waals surface area contributed by atoms with Gasteiger partial charge < -0.3 is 40.7 Å². The SMILES string of the molecule is Cc1ccc(N)cn1.Cc1ccc(NC(=O)Oc2ccc([N+](=O)[O-])cc2)cn1.Cl.Clc1ccc2[nH]c3c(c2c1)CCNC3.O=C(Cl)Oc1ccc([N+](=O)[O-])cc1.O=C(Nc1ccc(C(F)(F)F)nc1)N1CCc2c([nH]c3ccc(Cl)cc23)C1. The van der Waals surface area contributed by atoms with Gasteiger partial charge in [-0.05, 0) is 141 Å². The molecule has 432 valence electrons. The zero-order chi connectivity index (χ0) is 59.1. The van der Waals surface area contributed by atoms with Crippen molar-refractivity contribution in [2.75, 3.05) is 29.5 Å². The molecule has 11 rings (SSSR count). The number of nitrogens with two attached hydrogens (primary N) is 1. The van der Waals surface area contributed by atoms with Crippen molar-refractivity contribution >= 4 is 115 Å². The second kappa shape index (κ2) is 29.1. The Morgan fingerprint density at radius 2 is 1.19 bits per heavy atom. The quantitative estimate of drug-likeness (QED) is 0.0513. The van der Waals surface area contributed by atoms with E-state index in [0.717, 1.165) is 76.0 Å². The molecule has 21 nitrogen and oxygen atoms in total. The highest BCUT2D eigenvalue weighted by Gasteiger charge is 2.32. The summed E-state index contributed by atoms with van der Waals surface area (Å²) in [6, 6.07) is 30.7. The molecule has 2 aliphatic rings. The fourth-order valence-electron chi connectivity index (χ4n) is 8.00. The number of amides is 3. The van der Waals surface area contributed by atoms with Gasteiger partial charge in [-0.1, -0.05) is 23.2 Å². The van der Waals surface area contributed by atoms with E-state index in [1.807, 2.05) is 44.2 Å². The number of pyridine rings is 3. The maximum absolute atomic E-state index is 12.6. The summed E-state index contributed by atoms with van der Waals surface area (Å²) in [5.41, 5.74) is 13.5. The maximum atomic E-state index is 12.6. The average molecular weight is 1220 g/mol. The molecule has 0 spiro atoms. The largest absolute Gasteiger partial charge is 0.433 e. The number of alkyl halides is 3. The Morgan fingerprint density at radius 1 is 0.675 bits per heavy atom. The summed E-state index contributed by atoms with van der Waals surface area (Å²) in [6.07, 6.45) is 0.710. The van der Waals surface area contributed by atoms with Crippen molar-refractivity contribution in [2.24, 2.45) is 0 Å². The van der Waals surface area contributed by atoms with Gasteiger partial charge in [-0.25, -0.2) is 19.4 Å². The number of H-pyrrole nitrogens is 2. The first-order valence-corrected chi connectivity index (χ1v) is 25.6. The van der Waals surface area contributed by atoms with E-state index in [0.29, 0.717) is 30.2 Å². The van der Waals surface area contributed by atoms with Gasteiger partial charge in [0, 0.05) is 104 Å². The lowest BCUT2D eigenvalue weighted by atomic mass is 10.0. The van der Waals surface area contributed by atoms with Gasteiger partial charge in [0.1, 0.15) is 17.2 Å². The number of rotatable bonds is 6. The van der Waals surface area contributed by atoms with Crippen molar-refractivity contribution in [2.45, 2.75) is 46.0 Å². The number of carbonyl (C=O) groups excluding carboxylic acids is 3. The van der Waals surface area contributed by atoms with Gasteiger partial charge in [0.2, 0.25) is 0 Å². The van der Waals surface area contributed by atoms with E-state index in [2.05, 4.69) is 57.7 Å². The summed E-state index contributed by atoms with van der Waals surface area (Å²) in [7, 11) is 0. The number of non-ortho nitro benzene ring substituents is 2. The number of aromatic nitrogens is 5. The third-order valence-electron chi connectivity index (χ3n) is 11.9. The Bertz CT molecular complexity index is 3690. The molecule has 0 unspecified atom stereocenters. The number of carbonyl (C=O) groups is 3. The minimum absolute atomic E-state index is 0. The number of nitrogens with zero attached hydrogens (tertiary/aromatic N) is 6. The van der Waals surface area contributed by atoms with Crippen LogP contribution in [0.25, 0.3) is 21.8 Å². The van der Waals surface area contributed by atoms with Crippen LogP contribution in [-0.2, 0) is 32.1 Å². The fourth-order valence-corrected chi connectivity index (χ4v) is 8.43. The number of anilines is 3. The Labute approximate surface area is 491 Å². The Kier molecular flexibility index (Phi) is 22.1. The summed E-state index contributed by atoms with van der Waals surface area (Å²) >= 11 is 17.0. The molecular weight excluding hydrogens is 1170 g/mol. The van der Waals surface area contributed by atoms with Gasteiger partial charge in [0.25, 0.3) is 11.4 Å². The number of fused-ring (bicyclic) bond motifs is 6. The second-order valence-electron chi connectivity index (χ2n) is 17.8. The zero-order valence-corrected chi connectivity index (χ0v) is 46.7. The predicted octanol–water partition coefficient (Wildman–Crippen LogP) is 13.9. The van der Waals surface area contributed by atoms with Gasteiger partial charge >= 0.3 is 23.7 Å². The Morgan fingerprint density at radius 3 is 1.69 bits per heavy atom. The topological polar surface area (TPSA) is 292 Å². The molecule has 83 heavy (non-hydrogen) atoms. The normalized spacial score (nSPS) is 12.0. The van der Waals surface area contributed by atoms with Crippen LogP contribution in [0.3, 0.4) is 0 Å². The van der Waals surface area contributed by atoms with Crippen LogP contribution in [0.5, 0.6) is 11.5 Å². The summed E-state index contributed by atoms with van der Waals surface area (Å²) in [4.78, 5) is 73.5. The first kappa shape index (κ1) is 63.1. The van der Waals surface area contributed by atoms with E-state index in [1.54, 1.807) is 29.3 Å². The van der Waals surface area contributed by atoms with Gasteiger partial charge in [0.15, 0.2) is 0 Å². The van der Waals surface area contributed by atoms with Crippen molar-refractivity contribution in [3.05, 3.63) is 210 Å². The summed E-state index contributed by atoms with van der Waals surface area (Å²) in [6.45, 7) is 6.64. The van der Waals surface area contributed by atoms with Gasteiger partial charge in [0.05, 0.1) is 52.0 Å². The smallest absolute Gasteiger partial charge is 0.414 e. The van der Waals surface area contributed by atoms with Crippen LogP contribution in [0.1, 0.15) is 39.6 Å². The van der Waals surface area contributed by atoms with Crippen LogP contribution in [-0.4, -0.2) is 70.3 Å². The maximum Gasteiger partial charge on any atom is 0.433 e. The molecule has 0 saturated heterocycles. The molecule has 0 saturated carbocycles. The molecule has 4 aromatic carbocycles. The van der Waals surface area contributed by atoms with E-state index >= 15 is 0 Å². The lowest BCUT2D eigenvalue weighted by molar-refractivity contribution is -0.385. The number of ether oxygens (including phenoxy) is 2. The van der Waals surface area contributed by atoms with E-state index in [-0.39, 0.29) is 47.0 Å². The number of aromatic amines is 2. The van der Waals surface area contributed by atoms with E-state index in [9.17, 15) is 47.8 Å². The van der Waals surface area contributed by atoms with Crippen LogP contribution in [0.2, 0.25) is 10.0 Å². The molecule has 0 aliphatic carbocycles. The molecule has 5 aromatic heterocycles. The predicted molar refractivity (Wildman–Crippen MR) is 312 cm³/mol. The molecule has 7 heterocycles. The average Bonchev–Trinajstić information content (AvgIpc) is 4.15. The highest BCUT2D eigenvalue weighted by atomic mass is 35.5. The molecule has 0 fully saturated rings. The highest BCUT2D eigenvalue weighted by molar-refractivity contribution is 6.61. The third-order valence-corrected chi connectivity index (χ3v) is 12.5. The number of nitrogen functional groups attached to an aromatic ring is 1. The van der Waals surface area contributed by atoms with E-state index in [1.165, 1.54) is 83.0 Å². The minimum Gasteiger partial charge on any atom is -0.414 e. The van der Waals surface area contributed by atoms with Gasteiger partial charge in [-0.2, -0.15) is 13.2 Å². The van der Waals surface area contributed by atoms with Crippen LogP contribution in [0.4, 0.5) is 56.0 Å². The summed E-state index contributed by atoms with van der Waals surface area (Å²) in [5.74, 6) is 0.388. The lowest BCUT2D eigenvalue weighted by Gasteiger charge is -2.27. The Balaban J connectivity index is 0.000000175. The van der Waals surface area contributed by atoms with Crippen LogP contribution in [0, 0.1) is 34.1 Å². The van der Waals surface area contributed by atoms with Gasteiger partial charge in [-0.15, -0.1) is 12.4 Å². The van der Waals surface area contributed by atoms with E-state index < -0.39 is 33.2 Å². The lowest BCUT2D eigenvalue weighted by Crippen LogP contribution is -2.38. The highest BCUT2D eigenvalue weighted by Crippen LogP contribution is 2.32. The minimum atomic E-state index is -4.51. The molecule has 7 N–H and O–H groups in total. The standard InChI is InChI=1S/C18H14ClF3N4O.C13H11N3O4.C11H11ClN2.C7H4ClNO4.C6H8N2.ClH/c19-10-1-3-14-13(7-10)12-5-6-26(9-15(12)25-14)17(27)24-11-2-4-16(23-8-11)18(20,21)22;1-9-2-3-10(8-14-9)15-13(17)20-12-6-4-11(5-7-12)16(18)19;12-7-1-2-10-9(5-7)8-3-4-13-6-11(8)14-10;8-7(10)13-6-3-1-5(2-4-6)9(11)12;1-5-2-3-6(7)4-8-5;/h1-4,7-8,25H,5-6,9H2,(H,24,27);2-8H,1H3,(H,15,17);1-2,5,13-14H,3-4,6H2;1-4H;2-4H,7H2,1H3;1H. The molecule has 9 aromatic rings. The molecular formula is C55H49Cl4F3N12O9. The first-order chi connectivity index (χ1) is 39.1. The first-order valence-electron chi connectivity index (χ1n) is 24.4. The van der Waals surface area contributed by atoms with Gasteiger partial charge in [-0.3, -0.25) is 35.5 Å². The third kappa shape index (κ3) is 18.5. The summed E-state index contributed by atoms with van der Waals surface area (Å²) < 4.78 is 47.1. The number of urea groups is 1. The van der Waals surface area contributed by atoms with Crippen molar-refractivity contribution in [1.82, 2.24) is 35.1 Å². The number of nitrogens with one attached hydrogen (secondary N) is 5. The molecule has 28 heteroatoms. The number of halogens is 7. The number of nitro groups is 2.